The zero-order valence-corrected chi connectivity index (χ0v) is 23.4. The lowest BCUT2D eigenvalue weighted by Crippen LogP contribution is -2.39. The highest BCUT2D eigenvalue weighted by Gasteiger charge is 2.22. The fourth-order valence-corrected chi connectivity index (χ4v) is 5.46. The third-order valence-electron chi connectivity index (χ3n) is 6.37. The molecule has 2 aromatic heterocycles. The summed E-state index contributed by atoms with van der Waals surface area (Å²) in [7, 11) is 0. The van der Waals surface area contributed by atoms with Gasteiger partial charge in [-0.15, -0.1) is 0 Å². The number of hydrogen-bond donors (Lipinski definition) is 5. The molecule has 0 aliphatic heterocycles. The molecule has 8 nitrogen and oxygen atoms in total. The van der Waals surface area contributed by atoms with Crippen LogP contribution in [-0.2, 0) is 18.7 Å². The van der Waals surface area contributed by atoms with Crippen LogP contribution in [0.3, 0.4) is 0 Å². The second-order valence-corrected chi connectivity index (χ2v) is 10.7. The number of fused-ring (bicyclic) bond motifs is 1. The van der Waals surface area contributed by atoms with Crippen molar-refractivity contribution in [3.63, 3.8) is 0 Å². The second kappa shape index (κ2) is 12.0. The lowest BCUT2D eigenvalue weighted by molar-refractivity contribution is 0.236. The van der Waals surface area contributed by atoms with Crippen molar-refractivity contribution in [1.82, 2.24) is 30.8 Å². The summed E-state index contributed by atoms with van der Waals surface area (Å²) < 4.78 is 0. The number of imidazole rings is 1. The van der Waals surface area contributed by atoms with Crippen molar-refractivity contribution >= 4 is 57.7 Å². The molecular formula is C28H27Cl2N7OS. The van der Waals surface area contributed by atoms with Gasteiger partial charge >= 0.3 is 6.03 Å². The van der Waals surface area contributed by atoms with E-state index >= 15 is 0 Å². The van der Waals surface area contributed by atoms with E-state index in [4.69, 9.17) is 33.9 Å². The number of carbonyl (C=O) groups is 1. The average Bonchev–Trinajstić information content (AvgIpc) is 3.51. The molecule has 0 aliphatic carbocycles. The summed E-state index contributed by atoms with van der Waals surface area (Å²) in [4.78, 5) is 21.1. The minimum absolute atomic E-state index is 0.325. The Hall–Kier alpha value is -3.66. The van der Waals surface area contributed by atoms with Crippen LogP contribution in [0, 0.1) is 0 Å². The highest BCUT2D eigenvalue weighted by atomic mass is 35.5. The number of aromatic nitrogens is 4. The molecule has 0 saturated carbocycles. The van der Waals surface area contributed by atoms with Crippen LogP contribution < -0.4 is 16.4 Å². The van der Waals surface area contributed by atoms with Crippen molar-refractivity contribution in [2.45, 2.75) is 24.8 Å². The molecule has 2 heterocycles. The summed E-state index contributed by atoms with van der Waals surface area (Å²) in [6, 6.07) is 20.5. The molecule has 5 aromatic rings. The molecule has 1 atom stereocenters. The number of nitrogens with zero attached hydrogens (tertiary/aromatic N) is 2. The summed E-state index contributed by atoms with van der Waals surface area (Å²) in [6.07, 6.45) is 2.56. The maximum Gasteiger partial charge on any atom is 0.315 e. The molecule has 6 N–H and O–H groups in total. The first-order valence-electron chi connectivity index (χ1n) is 12.2. The van der Waals surface area contributed by atoms with Crippen molar-refractivity contribution < 1.29 is 4.79 Å². The zero-order valence-electron chi connectivity index (χ0n) is 21.1. The van der Waals surface area contributed by atoms with Crippen LogP contribution in [0.25, 0.3) is 22.2 Å². The van der Waals surface area contributed by atoms with Gasteiger partial charge in [-0.2, -0.15) is 16.9 Å². The number of rotatable bonds is 9. The molecule has 11 heteroatoms. The number of aromatic amines is 2. The van der Waals surface area contributed by atoms with Crippen LogP contribution in [0.5, 0.6) is 0 Å². The number of H-pyrrole nitrogens is 2. The number of hydrogen-bond acceptors (Lipinski definition) is 5. The fraction of sp³-hybridized carbons (Fsp3) is 0.179. The quantitative estimate of drug-likeness (QED) is 0.136. The molecule has 39 heavy (non-hydrogen) atoms. The number of amides is 2. The van der Waals surface area contributed by atoms with E-state index in [9.17, 15) is 4.79 Å². The van der Waals surface area contributed by atoms with Gasteiger partial charge in [0.2, 0.25) is 0 Å². The predicted octanol–water partition coefficient (Wildman–Crippen LogP) is 6.49. The summed E-state index contributed by atoms with van der Waals surface area (Å²) in [5, 5.41) is 14.8. The minimum Gasteiger partial charge on any atom is -0.382 e. The Kier molecular flexibility index (Phi) is 8.30. The first-order chi connectivity index (χ1) is 18.9. The first kappa shape index (κ1) is 26.9. The summed E-state index contributed by atoms with van der Waals surface area (Å²) >= 11 is 14.5. The van der Waals surface area contributed by atoms with Crippen molar-refractivity contribution in [3.8, 4) is 11.3 Å². The fourth-order valence-electron chi connectivity index (χ4n) is 4.42. The van der Waals surface area contributed by atoms with Gasteiger partial charge in [-0.25, -0.2) is 9.78 Å². The SMILES string of the molecule is CSCc1ccc(Cl)cc1CNC(=O)N[C@@H](Cc1ccccc1)c1nc(-c2ccc3c(N)n[nH]c3c2)c(Cl)[nH]1. The van der Waals surface area contributed by atoms with Gasteiger partial charge in [0.05, 0.1) is 11.6 Å². The van der Waals surface area contributed by atoms with Gasteiger partial charge in [0.25, 0.3) is 0 Å². The average molecular weight is 581 g/mol. The minimum atomic E-state index is -0.463. The molecule has 0 aliphatic rings. The number of thioether (sulfide) groups is 1. The van der Waals surface area contributed by atoms with Crippen molar-refractivity contribution in [2.24, 2.45) is 0 Å². The number of nitrogens with one attached hydrogen (secondary N) is 4. The van der Waals surface area contributed by atoms with E-state index in [1.807, 2.05) is 73.0 Å². The number of halogens is 2. The van der Waals surface area contributed by atoms with Crippen LogP contribution in [0.2, 0.25) is 10.2 Å². The Morgan fingerprint density at radius 1 is 1.08 bits per heavy atom. The molecule has 2 amide bonds. The molecule has 0 unspecified atom stereocenters. The van der Waals surface area contributed by atoms with E-state index < -0.39 is 6.04 Å². The van der Waals surface area contributed by atoms with Gasteiger partial charge in [-0.1, -0.05) is 65.7 Å². The monoisotopic (exact) mass is 579 g/mol. The lowest BCUT2D eigenvalue weighted by Gasteiger charge is -2.18. The number of carbonyl (C=O) groups excluding carboxylic acids is 1. The molecule has 5 rings (SSSR count). The zero-order chi connectivity index (χ0) is 27.4. The molecule has 3 aromatic carbocycles. The maximum absolute atomic E-state index is 13.1. The summed E-state index contributed by atoms with van der Waals surface area (Å²) in [6.45, 7) is 0.345. The van der Waals surface area contributed by atoms with Crippen molar-refractivity contribution in [1.29, 1.82) is 0 Å². The van der Waals surface area contributed by atoms with Crippen LogP contribution in [0.1, 0.15) is 28.6 Å². The van der Waals surface area contributed by atoms with Gasteiger partial charge < -0.3 is 21.4 Å². The van der Waals surface area contributed by atoms with E-state index in [-0.39, 0.29) is 6.03 Å². The van der Waals surface area contributed by atoms with E-state index in [2.05, 4.69) is 25.8 Å². The number of benzene rings is 3. The van der Waals surface area contributed by atoms with Crippen LogP contribution in [0.15, 0.2) is 66.7 Å². The normalized spacial score (nSPS) is 12.0. The third-order valence-corrected chi connectivity index (χ3v) is 7.48. The van der Waals surface area contributed by atoms with Gasteiger partial charge in [0, 0.05) is 28.3 Å². The second-order valence-electron chi connectivity index (χ2n) is 9.07. The number of urea groups is 1. The smallest absolute Gasteiger partial charge is 0.315 e. The summed E-state index contributed by atoms with van der Waals surface area (Å²) in [5.41, 5.74) is 11.2. The summed E-state index contributed by atoms with van der Waals surface area (Å²) in [5.74, 6) is 1.81. The topological polar surface area (TPSA) is 125 Å². The van der Waals surface area contributed by atoms with Crippen molar-refractivity contribution in [3.05, 3.63) is 99.4 Å². The number of anilines is 1. The lowest BCUT2D eigenvalue weighted by atomic mass is 10.1. The highest BCUT2D eigenvalue weighted by Crippen LogP contribution is 2.31. The van der Waals surface area contributed by atoms with Gasteiger partial charge in [0.15, 0.2) is 5.82 Å². The van der Waals surface area contributed by atoms with Gasteiger partial charge in [-0.05, 0) is 53.6 Å². The van der Waals surface area contributed by atoms with E-state index in [1.54, 1.807) is 11.8 Å². The van der Waals surface area contributed by atoms with Crippen LogP contribution >= 0.6 is 35.0 Å². The van der Waals surface area contributed by atoms with E-state index in [1.165, 1.54) is 0 Å². The number of nitrogens with two attached hydrogens (primary N) is 1. The molecule has 200 valence electrons. The standard InChI is InChI=1S/C28H27Cl2N7OS/c1-39-15-18-7-9-20(29)12-19(18)14-32-28(38)33-23(11-16-5-3-2-4-6-16)27-34-24(25(30)35-27)17-8-10-21-22(13-17)36-37-26(21)31/h2-10,12-13,23H,11,14-15H2,1H3,(H,34,35)(H3,31,36,37)(H2,32,33,38)/t23-/m0/s1. The Balaban J connectivity index is 1.38. The van der Waals surface area contributed by atoms with Crippen molar-refractivity contribution in [2.75, 3.05) is 12.0 Å². The molecule has 0 bridgehead atoms. The molecule has 0 radical (unpaired) electrons. The van der Waals surface area contributed by atoms with E-state index in [0.717, 1.165) is 38.9 Å². The Bertz CT molecular complexity index is 1600. The maximum atomic E-state index is 13.1. The van der Waals surface area contributed by atoms with Crippen LogP contribution in [0.4, 0.5) is 10.6 Å². The third kappa shape index (κ3) is 6.33. The van der Waals surface area contributed by atoms with E-state index in [0.29, 0.717) is 40.5 Å². The van der Waals surface area contributed by atoms with Gasteiger partial charge in [-0.3, -0.25) is 5.10 Å². The molecule has 0 saturated heterocycles. The Morgan fingerprint density at radius 2 is 1.90 bits per heavy atom. The Labute approximate surface area is 240 Å². The predicted molar refractivity (Wildman–Crippen MR) is 160 cm³/mol. The largest absolute Gasteiger partial charge is 0.382 e. The van der Waals surface area contributed by atoms with Crippen LogP contribution in [-0.4, -0.2) is 32.5 Å². The molecule has 0 fully saturated rings. The first-order valence-corrected chi connectivity index (χ1v) is 14.4. The molecular weight excluding hydrogens is 553 g/mol. The molecule has 0 spiro atoms. The van der Waals surface area contributed by atoms with Gasteiger partial charge in [0.1, 0.15) is 16.7 Å². The number of nitrogen functional groups attached to an aromatic ring is 1. The highest BCUT2D eigenvalue weighted by molar-refractivity contribution is 7.97. The Morgan fingerprint density at radius 3 is 2.69 bits per heavy atom.